The molecule has 642 valence electrons. The van der Waals surface area contributed by atoms with Gasteiger partial charge in [-0.1, -0.05) is 339 Å². The van der Waals surface area contributed by atoms with Crippen LogP contribution in [0.2, 0.25) is 0 Å². The van der Waals surface area contributed by atoms with Crippen LogP contribution in [0, 0.1) is 0 Å². The molecule has 0 saturated heterocycles. The second kappa shape index (κ2) is 32.0. The van der Waals surface area contributed by atoms with E-state index in [-0.39, 0.29) is 16.2 Å². The van der Waals surface area contributed by atoms with E-state index in [1.807, 2.05) is 0 Å². The van der Waals surface area contributed by atoms with E-state index in [4.69, 9.17) is 29.9 Å². The molecular weight excluding hydrogens is 1640 g/mol. The van der Waals surface area contributed by atoms with Crippen LogP contribution in [0.4, 0.5) is 0 Å². The minimum atomic E-state index is -0.369. The molecule has 22 aromatic rings. The first-order valence-electron chi connectivity index (χ1n) is 47.5. The van der Waals surface area contributed by atoms with Crippen molar-refractivity contribution in [2.45, 2.75) is 83.5 Å². The first-order chi connectivity index (χ1) is 66.4. The van der Waals surface area contributed by atoms with E-state index in [9.17, 15) is 0 Å². The Balaban J connectivity index is 0.653. The Kier molecular flexibility index (Phi) is 19.1. The second-order valence-electron chi connectivity index (χ2n) is 37.3. The zero-order valence-electron chi connectivity index (χ0n) is 76.2. The van der Waals surface area contributed by atoms with Gasteiger partial charge in [0.25, 0.3) is 0 Å². The summed E-state index contributed by atoms with van der Waals surface area (Å²) < 4.78 is 4.70. The van der Waals surface area contributed by atoms with E-state index < -0.39 is 0 Å². The van der Waals surface area contributed by atoms with E-state index in [0.717, 1.165) is 147 Å². The van der Waals surface area contributed by atoms with E-state index in [2.05, 4.69) is 463 Å². The Morgan fingerprint density at radius 3 is 0.926 bits per heavy atom. The summed E-state index contributed by atoms with van der Waals surface area (Å²) in [7, 11) is 0. The highest BCUT2D eigenvalue weighted by Gasteiger charge is 2.45. The van der Waals surface area contributed by atoms with Crippen LogP contribution in [-0.2, 0) is 16.2 Å². The van der Waals surface area contributed by atoms with Gasteiger partial charge in [0.1, 0.15) is 0 Å². The summed E-state index contributed by atoms with van der Waals surface area (Å²) in [6, 6.07) is 151. The lowest BCUT2D eigenvalue weighted by Gasteiger charge is -2.30. The third-order valence-corrected chi connectivity index (χ3v) is 29.9. The lowest BCUT2D eigenvalue weighted by atomic mass is 9.73. The molecule has 4 aromatic heterocycles. The molecule has 0 saturated carbocycles. The SMILES string of the molecule is CCC1(CC)c2ccccc2-c2cc3c4cc5c(cc4n(-c4nc(-c6cc(-c7ccccc7)cc(-c7ccccc7)c6)nc(-c6cc(-c7ccccc7)cc(-c7ccccc7)c6)n4)c3cc21)C(CC)(CC)c1ccc(-c2cccc(-c3nc(-c4ccccc4)nc(-n4c6ccccc6c6cc7c(cc64)C(C)(C)c4cc(-c6cc(-c8ccccc8)cc(-c8ccccc8)c6)ccc4-7)n3)c2)cc1-5. The quantitative estimate of drug-likeness (QED) is 0.0851. The molecule has 18 aromatic carbocycles. The third kappa shape index (κ3) is 13.2. The van der Waals surface area contributed by atoms with Crippen LogP contribution in [0.5, 0.6) is 0 Å². The minimum absolute atomic E-state index is 0.239. The Bertz CT molecular complexity index is 8200. The molecule has 0 unspecified atom stereocenters. The standard InChI is InChI=1S/C127H94N8/c1-7-126(8-2)109-55-34-32-53-99(109)104-74-107-108-75-105-102-71-87(86-51-36-52-89(61-86)120-128-119(85-49-30-17-31-50-85)130-123(131-120)134-115-56-35-33-54-101(115)106-73-103-100-59-57-88(72-111(100)125(5,6)112(103)76-116(106)134)96-65-90(79-37-18-11-19-38-79)62-91(66-96)80-39-20-12-21-40-80)58-60-110(102)127(9-3,10-4)114(105)78-118(108)135(117(107)77-113(104)126)124-132-121(97-67-92(81-41-22-13-23-42-81)63-93(68-97)82-43-24-14-25-44-82)129-122(133-124)98-69-94(83-45-26-15-27-46-83)64-95(70-98)84-47-28-16-29-48-84/h11-78H,7-10H2,1-6H3. The van der Waals surface area contributed by atoms with Crippen molar-refractivity contribution in [2.24, 2.45) is 0 Å². The van der Waals surface area contributed by atoms with Gasteiger partial charge in [-0.25, -0.2) is 9.97 Å². The third-order valence-electron chi connectivity index (χ3n) is 29.9. The second-order valence-corrected chi connectivity index (χ2v) is 37.3. The van der Waals surface area contributed by atoms with Crippen LogP contribution in [0.1, 0.15) is 101 Å². The number of hydrogen-bond acceptors (Lipinski definition) is 6. The smallest absolute Gasteiger partial charge is 0.238 e. The Morgan fingerprint density at radius 2 is 0.467 bits per heavy atom. The minimum Gasteiger partial charge on any atom is -0.278 e. The average molecular weight is 1730 g/mol. The van der Waals surface area contributed by atoms with Crippen molar-refractivity contribution in [1.29, 1.82) is 0 Å². The fraction of sp³-hybridized carbons (Fsp3) is 0.102. The number of nitrogens with zero attached hydrogens (tertiary/aromatic N) is 8. The summed E-state index contributed by atoms with van der Waals surface area (Å²) in [5, 5.41) is 4.53. The van der Waals surface area contributed by atoms with Crippen LogP contribution >= 0.6 is 0 Å². The number of fused-ring (bicyclic) bond motifs is 15. The first-order valence-corrected chi connectivity index (χ1v) is 47.5. The molecule has 0 aliphatic heterocycles. The molecule has 0 amide bonds. The first kappa shape index (κ1) is 80.6. The monoisotopic (exact) mass is 1730 g/mol. The van der Waals surface area contributed by atoms with Gasteiger partial charge in [-0.15, -0.1) is 0 Å². The van der Waals surface area contributed by atoms with E-state index >= 15 is 0 Å². The maximum Gasteiger partial charge on any atom is 0.238 e. The highest BCUT2D eigenvalue weighted by atomic mass is 15.2. The van der Waals surface area contributed by atoms with E-state index in [1.54, 1.807) is 0 Å². The van der Waals surface area contributed by atoms with Gasteiger partial charge in [0, 0.05) is 60.0 Å². The summed E-state index contributed by atoms with van der Waals surface area (Å²) in [4.78, 5) is 34.3. The summed E-state index contributed by atoms with van der Waals surface area (Å²) in [5.41, 5.74) is 40.1. The highest BCUT2D eigenvalue weighted by Crippen LogP contribution is 2.59. The molecule has 3 aliphatic rings. The summed E-state index contributed by atoms with van der Waals surface area (Å²) in [6.45, 7) is 14.3. The van der Waals surface area contributed by atoms with Crippen molar-refractivity contribution >= 4 is 43.6 Å². The van der Waals surface area contributed by atoms with Crippen LogP contribution < -0.4 is 0 Å². The van der Waals surface area contributed by atoms with Crippen LogP contribution in [0.3, 0.4) is 0 Å². The predicted molar refractivity (Wildman–Crippen MR) is 558 cm³/mol. The van der Waals surface area contributed by atoms with Gasteiger partial charge < -0.3 is 0 Å². The molecule has 0 atom stereocenters. The number of hydrogen-bond donors (Lipinski definition) is 0. The topological polar surface area (TPSA) is 87.2 Å². The summed E-state index contributed by atoms with van der Waals surface area (Å²) >= 11 is 0. The average Bonchev–Trinajstić information content (AvgIpc) is 1.52. The molecule has 0 N–H and O–H groups in total. The van der Waals surface area contributed by atoms with Crippen molar-refractivity contribution in [3.8, 4) is 180 Å². The molecular formula is C127H94N8. The highest BCUT2D eigenvalue weighted by molar-refractivity contribution is 6.15. The van der Waals surface area contributed by atoms with Crippen molar-refractivity contribution in [2.75, 3.05) is 0 Å². The van der Waals surface area contributed by atoms with Gasteiger partial charge in [0.2, 0.25) is 11.9 Å². The van der Waals surface area contributed by atoms with Gasteiger partial charge in [-0.3, -0.25) is 9.13 Å². The zero-order valence-corrected chi connectivity index (χ0v) is 76.2. The van der Waals surface area contributed by atoms with Crippen LogP contribution in [-0.4, -0.2) is 39.0 Å². The van der Waals surface area contributed by atoms with Gasteiger partial charge in [0.15, 0.2) is 23.3 Å². The van der Waals surface area contributed by atoms with Crippen LogP contribution in [0.25, 0.3) is 223 Å². The number of aromatic nitrogens is 8. The molecule has 0 fully saturated rings. The Morgan fingerprint density at radius 1 is 0.178 bits per heavy atom. The van der Waals surface area contributed by atoms with Crippen molar-refractivity contribution in [3.63, 3.8) is 0 Å². The van der Waals surface area contributed by atoms with Crippen LogP contribution in [0.15, 0.2) is 413 Å². The van der Waals surface area contributed by atoms with Gasteiger partial charge in [-0.2, -0.15) is 19.9 Å². The Hall–Kier alpha value is -16.4. The molecule has 8 heteroatoms. The summed E-state index contributed by atoms with van der Waals surface area (Å²) in [5.74, 6) is 3.41. The number of para-hydroxylation sites is 1. The lowest BCUT2D eigenvalue weighted by molar-refractivity contribution is 0.490. The van der Waals surface area contributed by atoms with Gasteiger partial charge in [0.05, 0.1) is 22.1 Å². The fourth-order valence-corrected chi connectivity index (χ4v) is 22.9. The molecule has 8 nitrogen and oxygen atoms in total. The molecule has 25 rings (SSSR count). The molecule has 3 aliphatic carbocycles. The normalized spacial score (nSPS) is 13.4. The van der Waals surface area contributed by atoms with E-state index in [0.29, 0.717) is 35.2 Å². The van der Waals surface area contributed by atoms with E-state index in [1.165, 1.54) is 100 Å². The van der Waals surface area contributed by atoms with Crippen molar-refractivity contribution in [3.05, 3.63) is 446 Å². The molecule has 0 bridgehead atoms. The van der Waals surface area contributed by atoms with Crippen molar-refractivity contribution < 1.29 is 0 Å². The maximum atomic E-state index is 5.93. The molecule has 4 heterocycles. The lowest BCUT2D eigenvalue weighted by Crippen LogP contribution is -2.23. The molecule has 135 heavy (non-hydrogen) atoms. The number of benzene rings is 18. The summed E-state index contributed by atoms with van der Waals surface area (Å²) in [6.07, 6.45) is 3.62. The largest absolute Gasteiger partial charge is 0.278 e. The zero-order chi connectivity index (χ0) is 90.4. The Labute approximate surface area is 786 Å². The molecule has 0 radical (unpaired) electrons. The molecule has 0 spiro atoms. The van der Waals surface area contributed by atoms with Crippen molar-refractivity contribution in [1.82, 2.24) is 39.0 Å². The number of rotatable bonds is 18. The van der Waals surface area contributed by atoms with Gasteiger partial charge in [-0.05, 0) is 297 Å². The maximum absolute atomic E-state index is 5.93. The predicted octanol–water partition coefficient (Wildman–Crippen LogP) is 32.7. The fourth-order valence-electron chi connectivity index (χ4n) is 22.9. The van der Waals surface area contributed by atoms with Gasteiger partial charge >= 0.3 is 0 Å².